The number of piperidine rings is 1. The average Bonchev–Trinajstić information content (AvgIpc) is 2.49. The van der Waals surface area contributed by atoms with Crippen LogP contribution in [0.2, 0.25) is 0 Å². The first-order valence-electron chi connectivity index (χ1n) is 7.69. The first-order chi connectivity index (χ1) is 11.1. The van der Waals surface area contributed by atoms with Crippen LogP contribution in [0.5, 0.6) is 0 Å². The van der Waals surface area contributed by atoms with E-state index in [1.165, 1.54) is 0 Å². The van der Waals surface area contributed by atoms with Crippen LogP contribution in [0.25, 0.3) is 0 Å². The molecular formula is C13H24F3IN4O3S. The summed E-state index contributed by atoms with van der Waals surface area (Å²) in [6, 6.07) is -0.124. The second kappa shape index (κ2) is 8.57. The van der Waals surface area contributed by atoms with Gasteiger partial charge in [0.1, 0.15) is 0 Å². The van der Waals surface area contributed by atoms with Crippen LogP contribution in [0.15, 0.2) is 4.99 Å². The van der Waals surface area contributed by atoms with E-state index < -0.39 is 15.5 Å². The first-order valence-corrected chi connectivity index (χ1v) is 9.13. The molecule has 0 aromatic rings. The Morgan fingerprint density at radius 1 is 1.32 bits per heavy atom. The van der Waals surface area contributed by atoms with Gasteiger partial charge in [0, 0.05) is 38.1 Å². The van der Waals surface area contributed by atoms with Gasteiger partial charge in [-0.25, -0.2) is 8.42 Å². The van der Waals surface area contributed by atoms with Crippen molar-refractivity contribution in [3.63, 3.8) is 0 Å². The van der Waals surface area contributed by atoms with Crippen molar-refractivity contribution >= 4 is 40.0 Å². The lowest BCUT2D eigenvalue weighted by atomic mass is 9.89. The molecule has 0 aromatic heterocycles. The summed E-state index contributed by atoms with van der Waals surface area (Å²) >= 11 is 0. The number of hydrogen-bond acceptors (Lipinski definition) is 4. The van der Waals surface area contributed by atoms with E-state index in [1.807, 2.05) is 0 Å². The summed E-state index contributed by atoms with van der Waals surface area (Å²) < 4.78 is 66.1. The van der Waals surface area contributed by atoms with Crippen molar-refractivity contribution in [3.8, 4) is 0 Å². The predicted octanol–water partition coefficient (Wildman–Crippen LogP) is 1.12. The number of rotatable bonds is 4. The quantitative estimate of drug-likeness (QED) is 0.344. The molecule has 0 radical (unpaired) electrons. The fraction of sp³-hybridized carbons (Fsp3) is 0.923. The van der Waals surface area contributed by atoms with Crippen molar-refractivity contribution in [2.24, 2.45) is 10.4 Å². The standard InChI is InChI=1S/C13H23F3N4O3S.HI/c1-12(8-23-9-12)7-18-11(17-2)19-10-3-5-20(6-4-10)24(21,22)13(14,15)16;/h10H,3-9H2,1-2H3,(H2,17,18,19);1H. The van der Waals surface area contributed by atoms with Gasteiger partial charge >= 0.3 is 15.5 Å². The number of ether oxygens (including phenoxy) is 1. The Labute approximate surface area is 162 Å². The lowest BCUT2D eigenvalue weighted by Gasteiger charge is -2.39. The molecule has 2 N–H and O–H groups in total. The summed E-state index contributed by atoms with van der Waals surface area (Å²) in [7, 11) is -3.63. The van der Waals surface area contributed by atoms with Crippen LogP contribution < -0.4 is 10.6 Å². The summed E-state index contributed by atoms with van der Waals surface area (Å²) in [5.41, 5.74) is -5.19. The molecule has 0 amide bonds. The zero-order chi connectivity index (χ0) is 18.0. The van der Waals surface area contributed by atoms with E-state index in [9.17, 15) is 21.6 Å². The Balaban J connectivity index is 0.00000312. The molecular weight excluding hydrogens is 476 g/mol. The zero-order valence-corrected chi connectivity index (χ0v) is 17.2. The minimum atomic E-state index is -5.24. The molecule has 2 saturated heterocycles. The van der Waals surface area contributed by atoms with Crippen molar-refractivity contribution in [1.29, 1.82) is 0 Å². The lowest BCUT2D eigenvalue weighted by molar-refractivity contribution is -0.0971. The monoisotopic (exact) mass is 500 g/mol. The third kappa shape index (κ3) is 5.57. The highest BCUT2D eigenvalue weighted by Gasteiger charge is 2.50. The second-order valence-electron chi connectivity index (χ2n) is 6.50. The summed E-state index contributed by atoms with van der Waals surface area (Å²) in [4.78, 5) is 4.09. The van der Waals surface area contributed by atoms with Gasteiger partial charge in [-0.3, -0.25) is 4.99 Å². The highest BCUT2D eigenvalue weighted by molar-refractivity contribution is 14.0. The van der Waals surface area contributed by atoms with Crippen molar-refractivity contribution in [1.82, 2.24) is 14.9 Å². The molecule has 2 aliphatic rings. The van der Waals surface area contributed by atoms with Crippen LogP contribution in [0.4, 0.5) is 13.2 Å². The molecule has 0 spiro atoms. The number of alkyl halides is 3. The Hall–Kier alpha value is -0.340. The van der Waals surface area contributed by atoms with Crippen LogP contribution in [0.1, 0.15) is 19.8 Å². The summed E-state index contributed by atoms with van der Waals surface area (Å²) in [5, 5.41) is 6.30. The van der Waals surface area contributed by atoms with Crippen molar-refractivity contribution in [2.75, 3.05) is 39.9 Å². The largest absolute Gasteiger partial charge is 0.511 e. The lowest BCUT2D eigenvalue weighted by Crippen LogP contribution is -2.54. The number of sulfonamides is 1. The number of aliphatic imine (C=N–C) groups is 1. The number of hydrogen-bond donors (Lipinski definition) is 2. The van der Waals surface area contributed by atoms with E-state index in [-0.39, 0.29) is 61.4 Å². The molecule has 7 nitrogen and oxygen atoms in total. The molecule has 0 saturated carbocycles. The van der Waals surface area contributed by atoms with Gasteiger partial charge in [-0.1, -0.05) is 6.92 Å². The summed E-state index contributed by atoms with van der Waals surface area (Å²) in [5.74, 6) is 0.556. The van der Waals surface area contributed by atoms with Gasteiger partial charge < -0.3 is 15.4 Å². The maximum Gasteiger partial charge on any atom is 0.511 e. The first kappa shape index (κ1) is 22.7. The van der Waals surface area contributed by atoms with Crippen LogP contribution in [0.3, 0.4) is 0 Å². The van der Waals surface area contributed by atoms with Crippen molar-refractivity contribution < 1.29 is 26.3 Å². The summed E-state index contributed by atoms with van der Waals surface area (Å²) in [6.07, 6.45) is 0.576. The second-order valence-corrected chi connectivity index (χ2v) is 8.43. The third-order valence-electron chi connectivity index (χ3n) is 4.23. The molecule has 0 unspecified atom stereocenters. The molecule has 148 valence electrons. The molecule has 2 heterocycles. The Morgan fingerprint density at radius 3 is 2.28 bits per heavy atom. The molecule has 2 rings (SSSR count). The topological polar surface area (TPSA) is 83.0 Å². The smallest absolute Gasteiger partial charge is 0.380 e. The van der Waals surface area contributed by atoms with E-state index in [4.69, 9.17) is 4.74 Å². The normalized spacial score (nSPS) is 22.7. The Bertz CT molecular complexity index is 574. The fourth-order valence-electron chi connectivity index (χ4n) is 2.62. The molecule has 25 heavy (non-hydrogen) atoms. The van der Waals surface area contributed by atoms with Crippen LogP contribution >= 0.6 is 24.0 Å². The SMILES string of the molecule is CN=C(NCC1(C)COC1)NC1CCN(S(=O)(=O)C(F)(F)F)CC1.I. The Kier molecular flexibility index (Phi) is 7.78. The third-order valence-corrected chi connectivity index (χ3v) is 5.86. The van der Waals surface area contributed by atoms with Gasteiger partial charge in [-0.2, -0.15) is 17.5 Å². The van der Waals surface area contributed by atoms with Crippen LogP contribution in [0, 0.1) is 5.41 Å². The molecule has 0 aliphatic carbocycles. The number of nitrogens with zero attached hydrogens (tertiary/aromatic N) is 2. The minimum Gasteiger partial charge on any atom is -0.380 e. The average molecular weight is 500 g/mol. The van der Waals surface area contributed by atoms with Crippen LogP contribution in [-0.2, 0) is 14.8 Å². The molecule has 0 aromatic carbocycles. The molecule has 0 atom stereocenters. The fourth-order valence-corrected chi connectivity index (χ4v) is 3.61. The maximum absolute atomic E-state index is 12.5. The minimum absolute atomic E-state index is 0. The Morgan fingerprint density at radius 2 is 1.88 bits per heavy atom. The number of nitrogens with one attached hydrogen (secondary N) is 2. The molecule has 2 aliphatic heterocycles. The van der Waals surface area contributed by atoms with E-state index in [0.29, 0.717) is 30.0 Å². The van der Waals surface area contributed by atoms with E-state index in [0.717, 1.165) is 0 Å². The molecule has 2 fully saturated rings. The highest BCUT2D eigenvalue weighted by atomic mass is 127. The van der Waals surface area contributed by atoms with E-state index in [1.54, 1.807) is 7.05 Å². The van der Waals surface area contributed by atoms with E-state index >= 15 is 0 Å². The van der Waals surface area contributed by atoms with Gasteiger partial charge in [0.05, 0.1) is 13.2 Å². The number of halogens is 4. The molecule has 12 heteroatoms. The van der Waals surface area contributed by atoms with Gasteiger partial charge in [0.15, 0.2) is 5.96 Å². The zero-order valence-electron chi connectivity index (χ0n) is 14.1. The molecule has 0 bridgehead atoms. The van der Waals surface area contributed by atoms with Gasteiger partial charge in [0.2, 0.25) is 0 Å². The predicted molar refractivity (Wildman–Crippen MR) is 98.4 cm³/mol. The van der Waals surface area contributed by atoms with E-state index in [2.05, 4.69) is 22.5 Å². The maximum atomic E-state index is 12.5. The van der Waals surface area contributed by atoms with Gasteiger partial charge in [0.25, 0.3) is 0 Å². The van der Waals surface area contributed by atoms with Crippen molar-refractivity contribution in [2.45, 2.75) is 31.3 Å². The van der Waals surface area contributed by atoms with Gasteiger partial charge in [-0.05, 0) is 12.8 Å². The highest BCUT2D eigenvalue weighted by Crippen LogP contribution is 2.29. The summed E-state index contributed by atoms with van der Waals surface area (Å²) in [6.45, 7) is 3.77. The van der Waals surface area contributed by atoms with Crippen molar-refractivity contribution in [3.05, 3.63) is 0 Å². The van der Waals surface area contributed by atoms with Crippen LogP contribution in [-0.4, -0.2) is 70.1 Å². The number of guanidine groups is 1. The van der Waals surface area contributed by atoms with Gasteiger partial charge in [-0.15, -0.1) is 24.0 Å².